The Labute approximate surface area is 75.5 Å². The Morgan fingerprint density at radius 1 is 1.23 bits per heavy atom. The van der Waals surface area contributed by atoms with E-state index in [4.69, 9.17) is 11.5 Å². The Morgan fingerprint density at radius 3 is 2.23 bits per heavy atom. The predicted octanol–water partition coefficient (Wildman–Crippen LogP) is 1.31. The van der Waals surface area contributed by atoms with Gasteiger partial charge in [-0.3, -0.25) is 0 Å². The molecule has 4 N–H and O–H groups in total. The summed E-state index contributed by atoms with van der Waals surface area (Å²) in [5, 5.41) is 0. The van der Waals surface area contributed by atoms with E-state index in [9.17, 15) is 8.78 Å². The summed E-state index contributed by atoms with van der Waals surface area (Å²) in [5.74, 6) is -1.22. The van der Waals surface area contributed by atoms with Crippen molar-refractivity contribution in [2.45, 2.75) is 12.5 Å². The van der Waals surface area contributed by atoms with Gasteiger partial charge < -0.3 is 11.5 Å². The summed E-state index contributed by atoms with van der Waals surface area (Å²) in [6.07, 6.45) is 0.373. The van der Waals surface area contributed by atoms with Crippen molar-refractivity contribution in [3.63, 3.8) is 0 Å². The van der Waals surface area contributed by atoms with Crippen molar-refractivity contribution < 1.29 is 8.78 Å². The van der Waals surface area contributed by atoms with E-state index in [0.717, 1.165) is 0 Å². The van der Waals surface area contributed by atoms with Crippen LogP contribution >= 0.6 is 0 Å². The van der Waals surface area contributed by atoms with E-state index in [1.165, 1.54) is 18.2 Å². The van der Waals surface area contributed by atoms with Crippen molar-refractivity contribution in [1.82, 2.24) is 0 Å². The minimum absolute atomic E-state index is 0.0760. The van der Waals surface area contributed by atoms with Crippen molar-refractivity contribution in [2.24, 2.45) is 11.5 Å². The molecule has 0 saturated carbocycles. The van der Waals surface area contributed by atoms with Crippen LogP contribution in [-0.4, -0.2) is 6.54 Å². The monoisotopic (exact) mass is 186 g/mol. The molecule has 13 heavy (non-hydrogen) atoms. The molecule has 0 heterocycles. The second-order valence-electron chi connectivity index (χ2n) is 2.82. The normalized spacial score (nSPS) is 12.9. The lowest BCUT2D eigenvalue weighted by Gasteiger charge is -2.12. The van der Waals surface area contributed by atoms with E-state index in [0.29, 0.717) is 13.0 Å². The average Bonchev–Trinajstić information content (AvgIpc) is 2.04. The fourth-order valence-corrected chi connectivity index (χ4v) is 1.19. The maximum Gasteiger partial charge on any atom is 0.130 e. The van der Waals surface area contributed by atoms with Gasteiger partial charge in [-0.25, -0.2) is 8.78 Å². The molecule has 1 rings (SSSR count). The summed E-state index contributed by atoms with van der Waals surface area (Å²) in [4.78, 5) is 0. The smallest absolute Gasteiger partial charge is 0.130 e. The maximum atomic E-state index is 13.1. The van der Waals surface area contributed by atoms with Gasteiger partial charge in [0.05, 0.1) is 0 Å². The van der Waals surface area contributed by atoms with E-state index in [1.807, 2.05) is 0 Å². The summed E-state index contributed by atoms with van der Waals surface area (Å²) < 4.78 is 26.1. The highest BCUT2D eigenvalue weighted by Gasteiger charge is 2.14. The van der Waals surface area contributed by atoms with Gasteiger partial charge in [-0.05, 0) is 25.1 Å². The van der Waals surface area contributed by atoms with Crippen LogP contribution in [0, 0.1) is 11.6 Å². The quantitative estimate of drug-likeness (QED) is 0.747. The van der Waals surface area contributed by atoms with E-state index >= 15 is 0 Å². The fourth-order valence-electron chi connectivity index (χ4n) is 1.19. The summed E-state index contributed by atoms with van der Waals surface area (Å²) >= 11 is 0. The molecule has 4 heteroatoms. The Kier molecular flexibility index (Phi) is 3.33. The van der Waals surface area contributed by atoms with Crippen LogP contribution in [0.3, 0.4) is 0 Å². The molecule has 0 aliphatic heterocycles. The van der Waals surface area contributed by atoms with Gasteiger partial charge in [-0.2, -0.15) is 0 Å². The molecule has 0 fully saturated rings. The van der Waals surface area contributed by atoms with Gasteiger partial charge in [-0.1, -0.05) is 6.07 Å². The first kappa shape index (κ1) is 10.1. The standard InChI is InChI=1S/C9H12F2N2/c10-6-2-1-3-7(11)9(6)8(13)4-5-12/h1-3,8H,4-5,12-13H2/t8-/m1/s1. The number of nitrogens with two attached hydrogens (primary N) is 2. The van der Waals surface area contributed by atoms with Crippen LogP contribution in [0.2, 0.25) is 0 Å². The van der Waals surface area contributed by atoms with Crippen LogP contribution in [-0.2, 0) is 0 Å². The van der Waals surface area contributed by atoms with Crippen LogP contribution in [0.15, 0.2) is 18.2 Å². The van der Waals surface area contributed by atoms with Crippen molar-refractivity contribution in [3.05, 3.63) is 35.4 Å². The first-order valence-electron chi connectivity index (χ1n) is 4.06. The van der Waals surface area contributed by atoms with E-state index in [2.05, 4.69) is 0 Å². The maximum absolute atomic E-state index is 13.1. The molecule has 1 aromatic carbocycles. The third-order valence-electron chi connectivity index (χ3n) is 1.85. The lowest BCUT2D eigenvalue weighted by atomic mass is 10.0. The molecule has 0 aliphatic rings. The minimum atomic E-state index is -0.661. The second-order valence-corrected chi connectivity index (χ2v) is 2.82. The fraction of sp³-hybridized carbons (Fsp3) is 0.333. The molecular weight excluding hydrogens is 174 g/mol. The third kappa shape index (κ3) is 2.23. The van der Waals surface area contributed by atoms with Gasteiger partial charge in [0.25, 0.3) is 0 Å². The van der Waals surface area contributed by atoms with Gasteiger partial charge in [0, 0.05) is 11.6 Å². The first-order chi connectivity index (χ1) is 6.16. The summed E-state index contributed by atoms with van der Waals surface area (Å²) in [7, 11) is 0. The van der Waals surface area contributed by atoms with Crippen molar-refractivity contribution in [2.75, 3.05) is 6.54 Å². The highest BCUT2D eigenvalue weighted by Crippen LogP contribution is 2.20. The number of hydrogen-bond acceptors (Lipinski definition) is 2. The molecule has 0 unspecified atom stereocenters. The van der Waals surface area contributed by atoms with Crippen LogP contribution in [0.25, 0.3) is 0 Å². The molecule has 1 aromatic rings. The molecule has 0 amide bonds. The number of rotatable bonds is 3. The zero-order valence-corrected chi connectivity index (χ0v) is 7.13. The molecule has 0 aromatic heterocycles. The summed E-state index contributed by atoms with van der Waals surface area (Å²) in [6, 6.07) is 3.03. The van der Waals surface area contributed by atoms with Crippen LogP contribution in [0.4, 0.5) is 8.78 Å². The lowest BCUT2D eigenvalue weighted by molar-refractivity contribution is 0.515. The Hall–Kier alpha value is -1.00. The van der Waals surface area contributed by atoms with E-state index in [-0.39, 0.29) is 5.56 Å². The molecular formula is C9H12F2N2. The predicted molar refractivity (Wildman–Crippen MR) is 47.0 cm³/mol. The van der Waals surface area contributed by atoms with Gasteiger partial charge in [0.2, 0.25) is 0 Å². The Morgan fingerprint density at radius 2 is 1.77 bits per heavy atom. The van der Waals surface area contributed by atoms with Gasteiger partial charge >= 0.3 is 0 Å². The zero-order valence-electron chi connectivity index (χ0n) is 7.13. The number of halogens is 2. The molecule has 0 radical (unpaired) electrons. The molecule has 0 spiro atoms. The van der Waals surface area contributed by atoms with Gasteiger partial charge in [-0.15, -0.1) is 0 Å². The van der Waals surface area contributed by atoms with Crippen LogP contribution < -0.4 is 11.5 Å². The van der Waals surface area contributed by atoms with E-state index in [1.54, 1.807) is 0 Å². The largest absolute Gasteiger partial charge is 0.330 e. The highest BCUT2D eigenvalue weighted by atomic mass is 19.1. The summed E-state index contributed by atoms with van der Waals surface area (Å²) in [5.41, 5.74) is 10.7. The van der Waals surface area contributed by atoms with E-state index < -0.39 is 17.7 Å². The molecule has 72 valence electrons. The number of benzene rings is 1. The Balaban J connectivity index is 2.98. The average molecular weight is 186 g/mol. The summed E-state index contributed by atoms with van der Waals surface area (Å²) in [6.45, 7) is 0.314. The number of hydrogen-bond donors (Lipinski definition) is 2. The minimum Gasteiger partial charge on any atom is -0.330 e. The van der Waals surface area contributed by atoms with Gasteiger partial charge in [0.15, 0.2) is 0 Å². The van der Waals surface area contributed by atoms with Crippen LogP contribution in [0.5, 0.6) is 0 Å². The van der Waals surface area contributed by atoms with Crippen molar-refractivity contribution >= 4 is 0 Å². The Bertz CT molecular complexity index is 269. The lowest BCUT2D eigenvalue weighted by Crippen LogP contribution is -2.18. The first-order valence-corrected chi connectivity index (χ1v) is 4.06. The topological polar surface area (TPSA) is 52.0 Å². The second kappa shape index (κ2) is 4.30. The van der Waals surface area contributed by atoms with Gasteiger partial charge in [0.1, 0.15) is 11.6 Å². The molecule has 0 aliphatic carbocycles. The zero-order chi connectivity index (χ0) is 9.84. The highest BCUT2D eigenvalue weighted by molar-refractivity contribution is 5.22. The molecule has 0 saturated heterocycles. The SMILES string of the molecule is NCC[C@@H](N)c1c(F)cccc1F. The van der Waals surface area contributed by atoms with Crippen molar-refractivity contribution in [3.8, 4) is 0 Å². The van der Waals surface area contributed by atoms with Crippen molar-refractivity contribution in [1.29, 1.82) is 0 Å². The molecule has 1 atom stereocenters. The molecule has 2 nitrogen and oxygen atoms in total. The third-order valence-corrected chi connectivity index (χ3v) is 1.85. The molecule has 0 bridgehead atoms. The van der Waals surface area contributed by atoms with Crippen LogP contribution in [0.1, 0.15) is 18.0 Å².